The van der Waals surface area contributed by atoms with E-state index < -0.39 is 0 Å². The molecule has 5 rings (SSSR count). The molecule has 4 aromatic heterocycles. The van der Waals surface area contributed by atoms with Crippen molar-refractivity contribution in [1.29, 1.82) is 0 Å². The smallest absolute Gasteiger partial charge is 0.165 e. The number of nitrogens with zero attached hydrogens (tertiary/aromatic N) is 5. The third-order valence-corrected chi connectivity index (χ3v) is 7.00. The maximum absolute atomic E-state index is 12.9. The van der Waals surface area contributed by atoms with Crippen LogP contribution in [0.4, 0.5) is 0 Å². The summed E-state index contributed by atoms with van der Waals surface area (Å²) in [5.41, 5.74) is 3.93. The normalized spacial score (nSPS) is 16.9. The number of ketones is 1. The quantitative estimate of drug-likeness (QED) is 0.387. The summed E-state index contributed by atoms with van der Waals surface area (Å²) >= 11 is 1.66. The molecule has 0 saturated carbocycles. The van der Waals surface area contributed by atoms with Crippen molar-refractivity contribution >= 4 is 22.8 Å². The van der Waals surface area contributed by atoms with Crippen LogP contribution in [0.5, 0.6) is 0 Å². The first-order valence-electron chi connectivity index (χ1n) is 10.8. The Morgan fingerprint density at radius 2 is 2.19 bits per heavy atom. The number of carbonyl (C=O) groups excluding carboxylic acids is 1. The lowest BCUT2D eigenvalue weighted by molar-refractivity contribution is 0.0968. The van der Waals surface area contributed by atoms with Gasteiger partial charge in [-0.15, -0.1) is 11.3 Å². The third-order valence-electron chi connectivity index (χ3n) is 6.11. The van der Waals surface area contributed by atoms with Crippen LogP contribution in [0.3, 0.4) is 0 Å². The minimum Gasteiger partial charge on any atom is -0.301 e. The van der Waals surface area contributed by atoms with E-state index >= 15 is 0 Å². The number of carbonyl (C=O) groups is 1. The SMILES string of the molecule is CCN1CCC[C@H]1CCC(=O)c1ccnc(-c2cnn3ccc(-c4cccs4)nc23)c1. The van der Waals surface area contributed by atoms with Gasteiger partial charge in [0.2, 0.25) is 0 Å². The lowest BCUT2D eigenvalue weighted by Gasteiger charge is -2.22. The Labute approximate surface area is 185 Å². The van der Waals surface area contributed by atoms with Crippen molar-refractivity contribution in [3.8, 4) is 21.8 Å². The molecule has 7 heteroatoms. The molecule has 0 radical (unpaired) electrons. The second-order valence-electron chi connectivity index (χ2n) is 7.93. The van der Waals surface area contributed by atoms with Crippen molar-refractivity contribution in [2.24, 2.45) is 0 Å². The third kappa shape index (κ3) is 4.03. The fraction of sp³-hybridized carbons (Fsp3) is 0.333. The van der Waals surface area contributed by atoms with Crippen molar-refractivity contribution in [2.75, 3.05) is 13.1 Å². The van der Waals surface area contributed by atoms with Crippen LogP contribution in [0.15, 0.2) is 54.3 Å². The summed E-state index contributed by atoms with van der Waals surface area (Å²) < 4.78 is 1.75. The number of fused-ring (bicyclic) bond motifs is 1. The zero-order valence-corrected chi connectivity index (χ0v) is 18.4. The number of aromatic nitrogens is 4. The molecule has 158 valence electrons. The van der Waals surface area contributed by atoms with Crippen LogP contribution in [-0.4, -0.2) is 49.4 Å². The van der Waals surface area contributed by atoms with Crippen LogP contribution < -0.4 is 0 Å². The van der Waals surface area contributed by atoms with E-state index in [2.05, 4.69) is 28.0 Å². The lowest BCUT2D eigenvalue weighted by Crippen LogP contribution is -2.29. The number of thiophene rings is 1. The molecule has 0 amide bonds. The number of pyridine rings is 1. The summed E-state index contributed by atoms with van der Waals surface area (Å²) in [5.74, 6) is 0.176. The first-order valence-corrected chi connectivity index (χ1v) is 11.7. The molecule has 0 aromatic carbocycles. The van der Waals surface area contributed by atoms with Crippen LogP contribution >= 0.6 is 11.3 Å². The first-order chi connectivity index (χ1) is 15.2. The van der Waals surface area contributed by atoms with Crippen LogP contribution in [0.25, 0.3) is 27.5 Å². The van der Waals surface area contributed by atoms with Crippen molar-refractivity contribution in [3.63, 3.8) is 0 Å². The predicted molar refractivity (Wildman–Crippen MR) is 123 cm³/mol. The molecule has 1 aliphatic heterocycles. The zero-order chi connectivity index (χ0) is 21.2. The number of likely N-dealkylation sites (tertiary alicyclic amines) is 1. The molecule has 1 fully saturated rings. The Hall–Kier alpha value is -2.90. The average molecular weight is 432 g/mol. The molecule has 5 heterocycles. The van der Waals surface area contributed by atoms with Crippen LogP contribution in [-0.2, 0) is 0 Å². The van der Waals surface area contributed by atoms with E-state index in [0.717, 1.165) is 47.0 Å². The number of hydrogen-bond acceptors (Lipinski definition) is 6. The van der Waals surface area contributed by atoms with Gasteiger partial charge in [0.25, 0.3) is 0 Å². The molecule has 0 aliphatic carbocycles. The summed E-state index contributed by atoms with van der Waals surface area (Å²) in [6.45, 7) is 4.42. The van der Waals surface area contributed by atoms with Gasteiger partial charge in [-0.3, -0.25) is 9.78 Å². The van der Waals surface area contributed by atoms with Crippen LogP contribution in [0, 0.1) is 0 Å². The fourth-order valence-electron chi connectivity index (χ4n) is 4.44. The second kappa shape index (κ2) is 8.69. The minimum absolute atomic E-state index is 0.176. The summed E-state index contributed by atoms with van der Waals surface area (Å²) in [7, 11) is 0. The molecular formula is C24H25N5OS. The Bertz CT molecular complexity index is 1200. The summed E-state index contributed by atoms with van der Waals surface area (Å²) in [6.07, 6.45) is 9.33. The van der Waals surface area contributed by atoms with Gasteiger partial charge in [0.1, 0.15) is 0 Å². The van der Waals surface area contributed by atoms with E-state index in [0.29, 0.717) is 18.0 Å². The molecule has 6 nitrogen and oxygen atoms in total. The van der Waals surface area contributed by atoms with E-state index in [1.165, 1.54) is 12.8 Å². The highest BCUT2D eigenvalue weighted by Gasteiger charge is 2.23. The predicted octanol–water partition coefficient (Wildman–Crippen LogP) is 4.97. The van der Waals surface area contributed by atoms with Gasteiger partial charge in [-0.1, -0.05) is 13.0 Å². The van der Waals surface area contributed by atoms with E-state index in [9.17, 15) is 4.79 Å². The molecule has 4 aromatic rings. The van der Waals surface area contributed by atoms with Crippen molar-refractivity contribution in [2.45, 2.75) is 38.6 Å². The maximum atomic E-state index is 12.9. The molecule has 0 bridgehead atoms. The Morgan fingerprint density at radius 3 is 3.03 bits per heavy atom. The van der Waals surface area contributed by atoms with Gasteiger partial charge in [0.05, 0.1) is 28.0 Å². The van der Waals surface area contributed by atoms with Gasteiger partial charge < -0.3 is 4.90 Å². The van der Waals surface area contributed by atoms with Gasteiger partial charge >= 0.3 is 0 Å². The molecule has 0 unspecified atom stereocenters. The lowest BCUT2D eigenvalue weighted by atomic mass is 10.0. The molecule has 1 aliphatic rings. The first kappa shape index (κ1) is 20.0. The standard InChI is InChI=1S/C24H25N5OS/c1-2-28-12-3-5-18(28)7-8-22(30)17-9-11-25-21(15-17)19-16-26-29-13-10-20(27-24(19)29)23-6-4-14-31-23/h4,6,9-11,13-16,18H,2-3,5,7-8,12H2,1H3/t18-/m0/s1. The van der Waals surface area contributed by atoms with Gasteiger partial charge in [0, 0.05) is 30.4 Å². The van der Waals surface area contributed by atoms with Crippen molar-refractivity contribution < 1.29 is 4.79 Å². The molecule has 31 heavy (non-hydrogen) atoms. The molecule has 0 spiro atoms. The largest absolute Gasteiger partial charge is 0.301 e. The topological polar surface area (TPSA) is 63.4 Å². The van der Waals surface area contributed by atoms with Crippen molar-refractivity contribution in [1.82, 2.24) is 24.5 Å². The number of hydrogen-bond donors (Lipinski definition) is 0. The zero-order valence-electron chi connectivity index (χ0n) is 17.6. The molecular weight excluding hydrogens is 406 g/mol. The summed E-state index contributed by atoms with van der Waals surface area (Å²) in [5, 5.41) is 6.47. The summed E-state index contributed by atoms with van der Waals surface area (Å²) in [4.78, 5) is 25.8. The highest BCUT2D eigenvalue weighted by Crippen LogP contribution is 2.28. The molecule has 1 atom stereocenters. The van der Waals surface area contributed by atoms with E-state index in [1.807, 2.05) is 35.8 Å². The number of rotatable bonds is 7. The highest BCUT2D eigenvalue weighted by molar-refractivity contribution is 7.13. The van der Waals surface area contributed by atoms with Crippen LogP contribution in [0.2, 0.25) is 0 Å². The second-order valence-corrected chi connectivity index (χ2v) is 8.88. The highest BCUT2D eigenvalue weighted by atomic mass is 32.1. The maximum Gasteiger partial charge on any atom is 0.165 e. The van der Waals surface area contributed by atoms with E-state index in [4.69, 9.17) is 4.98 Å². The monoisotopic (exact) mass is 431 g/mol. The van der Waals surface area contributed by atoms with Crippen LogP contribution in [0.1, 0.15) is 43.0 Å². The summed E-state index contributed by atoms with van der Waals surface area (Å²) in [6, 6.07) is 10.3. The minimum atomic E-state index is 0.176. The van der Waals surface area contributed by atoms with Crippen molar-refractivity contribution in [3.05, 3.63) is 59.9 Å². The Morgan fingerprint density at radius 1 is 1.26 bits per heavy atom. The van der Waals surface area contributed by atoms with E-state index in [-0.39, 0.29) is 5.78 Å². The molecule has 0 N–H and O–H groups in total. The van der Waals surface area contributed by atoms with Gasteiger partial charge in [-0.25, -0.2) is 9.50 Å². The van der Waals surface area contributed by atoms with Gasteiger partial charge in [-0.05, 0) is 62.0 Å². The fourth-order valence-corrected chi connectivity index (χ4v) is 5.14. The Balaban J connectivity index is 1.39. The van der Waals surface area contributed by atoms with Gasteiger partial charge in [-0.2, -0.15) is 5.10 Å². The van der Waals surface area contributed by atoms with E-state index in [1.54, 1.807) is 28.2 Å². The average Bonchev–Trinajstić information content (AvgIpc) is 3.57. The molecule has 1 saturated heterocycles. The number of Topliss-reactive ketones (excluding diaryl/α,β-unsaturated/α-hetero) is 1. The Kier molecular flexibility index (Phi) is 5.61. The van der Waals surface area contributed by atoms with Gasteiger partial charge in [0.15, 0.2) is 11.4 Å².